The molecule has 1 aliphatic heterocycles. The largest absolute Gasteiger partial charge is 0.381 e. The number of benzene rings is 1. The number of amides is 1. The third-order valence-electron chi connectivity index (χ3n) is 3.65. The molecule has 1 fully saturated rings. The average Bonchev–Trinajstić information content (AvgIpc) is 3.03. The van der Waals surface area contributed by atoms with Gasteiger partial charge in [-0.1, -0.05) is 12.1 Å². The first-order valence-electron chi connectivity index (χ1n) is 7.28. The van der Waals surface area contributed by atoms with Crippen LogP contribution in [0.4, 0.5) is 0 Å². The number of nitrogens with zero attached hydrogens (tertiary/aromatic N) is 2. The van der Waals surface area contributed by atoms with Gasteiger partial charge in [-0.05, 0) is 37.1 Å². The van der Waals surface area contributed by atoms with E-state index in [0.717, 1.165) is 31.7 Å². The molecule has 0 aliphatic carbocycles. The fraction of sp³-hybridized carbons (Fsp3) is 0.412. The first-order chi connectivity index (χ1) is 10.2. The SMILES string of the molecule is CCN(C[C@@H]1CCOC1)C(=O)/C=C/c1ccc(C#N)cc1. The van der Waals surface area contributed by atoms with Gasteiger partial charge in [0.2, 0.25) is 5.91 Å². The summed E-state index contributed by atoms with van der Waals surface area (Å²) in [4.78, 5) is 14.1. The molecule has 0 saturated carbocycles. The predicted octanol–water partition coefficient (Wildman–Crippen LogP) is 2.46. The van der Waals surface area contributed by atoms with Crippen molar-refractivity contribution in [3.05, 3.63) is 41.5 Å². The number of ether oxygens (including phenoxy) is 1. The fourth-order valence-corrected chi connectivity index (χ4v) is 2.36. The Kier molecular flexibility index (Phi) is 5.53. The molecule has 1 aromatic rings. The molecule has 1 aliphatic rings. The number of hydrogen-bond acceptors (Lipinski definition) is 3. The number of nitriles is 1. The Morgan fingerprint density at radius 3 is 2.81 bits per heavy atom. The molecule has 0 N–H and O–H groups in total. The zero-order chi connectivity index (χ0) is 15.1. The highest BCUT2D eigenvalue weighted by Gasteiger charge is 2.20. The summed E-state index contributed by atoms with van der Waals surface area (Å²) in [5, 5.41) is 8.75. The highest BCUT2D eigenvalue weighted by Crippen LogP contribution is 2.14. The van der Waals surface area contributed by atoms with Crippen LogP contribution in [0, 0.1) is 17.2 Å². The second kappa shape index (κ2) is 7.61. The number of carbonyl (C=O) groups is 1. The van der Waals surface area contributed by atoms with Crippen molar-refractivity contribution in [2.24, 2.45) is 5.92 Å². The Labute approximate surface area is 125 Å². The minimum Gasteiger partial charge on any atom is -0.381 e. The molecule has 4 heteroatoms. The lowest BCUT2D eigenvalue weighted by Gasteiger charge is -2.22. The number of hydrogen-bond donors (Lipinski definition) is 0. The lowest BCUT2D eigenvalue weighted by molar-refractivity contribution is -0.126. The third kappa shape index (κ3) is 4.44. The summed E-state index contributed by atoms with van der Waals surface area (Å²) in [7, 11) is 0. The molecule has 4 nitrogen and oxygen atoms in total. The first kappa shape index (κ1) is 15.3. The smallest absolute Gasteiger partial charge is 0.246 e. The van der Waals surface area contributed by atoms with E-state index in [9.17, 15) is 4.79 Å². The van der Waals surface area contributed by atoms with Crippen LogP contribution in [0.1, 0.15) is 24.5 Å². The summed E-state index contributed by atoms with van der Waals surface area (Å²) in [5.74, 6) is 0.478. The summed E-state index contributed by atoms with van der Waals surface area (Å²) in [6.45, 7) is 5.00. The van der Waals surface area contributed by atoms with Gasteiger partial charge in [0.25, 0.3) is 0 Å². The molecule has 1 atom stereocenters. The van der Waals surface area contributed by atoms with Crippen LogP contribution in [0.2, 0.25) is 0 Å². The van der Waals surface area contributed by atoms with Crippen LogP contribution in [0.25, 0.3) is 6.08 Å². The van der Waals surface area contributed by atoms with Gasteiger partial charge in [-0.15, -0.1) is 0 Å². The molecule has 0 unspecified atom stereocenters. The fourth-order valence-electron chi connectivity index (χ4n) is 2.36. The molecule has 1 heterocycles. The topological polar surface area (TPSA) is 53.3 Å². The van der Waals surface area contributed by atoms with E-state index < -0.39 is 0 Å². The van der Waals surface area contributed by atoms with Gasteiger partial charge in [0.05, 0.1) is 18.2 Å². The van der Waals surface area contributed by atoms with Gasteiger partial charge < -0.3 is 9.64 Å². The monoisotopic (exact) mass is 284 g/mol. The highest BCUT2D eigenvalue weighted by atomic mass is 16.5. The molecule has 21 heavy (non-hydrogen) atoms. The normalized spacial score (nSPS) is 17.8. The second-order valence-corrected chi connectivity index (χ2v) is 5.17. The van der Waals surface area contributed by atoms with Crippen molar-refractivity contribution in [2.45, 2.75) is 13.3 Å². The predicted molar refractivity (Wildman–Crippen MR) is 81.4 cm³/mol. The van der Waals surface area contributed by atoms with E-state index in [-0.39, 0.29) is 5.91 Å². The van der Waals surface area contributed by atoms with E-state index in [0.29, 0.717) is 18.0 Å². The van der Waals surface area contributed by atoms with Crippen molar-refractivity contribution >= 4 is 12.0 Å². The number of rotatable bonds is 5. The van der Waals surface area contributed by atoms with Gasteiger partial charge in [-0.2, -0.15) is 5.26 Å². The Hall–Kier alpha value is -2.12. The molecule has 2 rings (SSSR count). The molecule has 1 aromatic carbocycles. The standard InChI is InChI=1S/C17H20N2O2/c1-2-19(12-16-9-10-21-13-16)17(20)8-7-14-3-5-15(11-18)6-4-14/h3-8,16H,2,9-10,12-13H2,1H3/b8-7+/t16-/m0/s1. The van der Waals surface area contributed by atoms with Gasteiger partial charge >= 0.3 is 0 Å². The summed E-state index contributed by atoms with van der Waals surface area (Å²) in [6, 6.07) is 9.24. The van der Waals surface area contributed by atoms with Crippen LogP contribution >= 0.6 is 0 Å². The Balaban J connectivity index is 1.93. The van der Waals surface area contributed by atoms with E-state index in [1.807, 2.05) is 24.0 Å². The van der Waals surface area contributed by atoms with Crippen LogP contribution < -0.4 is 0 Å². The molecule has 0 radical (unpaired) electrons. The van der Waals surface area contributed by atoms with Crippen LogP contribution in [0.5, 0.6) is 0 Å². The van der Waals surface area contributed by atoms with Gasteiger partial charge in [0.15, 0.2) is 0 Å². The van der Waals surface area contributed by atoms with Crippen molar-refractivity contribution in [1.29, 1.82) is 5.26 Å². The number of likely N-dealkylation sites (N-methyl/N-ethyl adjacent to an activating group) is 1. The van der Waals surface area contributed by atoms with E-state index in [1.54, 1.807) is 24.3 Å². The van der Waals surface area contributed by atoms with Gasteiger partial charge in [0, 0.05) is 31.7 Å². The van der Waals surface area contributed by atoms with Gasteiger partial charge in [-0.3, -0.25) is 4.79 Å². The molecule has 110 valence electrons. The Bertz CT molecular complexity index is 537. The quantitative estimate of drug-likeness (QED) is 0.780. The maximum atomic E-state index is 12.2. The molecule has 0 bridgehead atoms. The molecular formula is C17H20N2O2. The Morgan fingerprint density at radius 1 is 1.48 bits per heavy atom. The lowest BCUT2D eigenvalue weighted by atomic mass is 10.1. The maximum Gasteiger partial charge on any atom is 0.246 e. The second-order valence-electron chi connectivity index (χ2n) is 5.17. The van der Waals surface area contributed by atoms with Crippen molar-refractivity contribution < 1.29 is 9.53 Å². The summed E-state index contributed by atoms with van der Waals surface area (Å²) in [5.41, 5.74) is 1.54. The van der Waals surface area contributed by atoms with Crippen molar-refractivity contribution in [2.75, 3.05) is 26.3 Å². The molecule has 0 spiro atoms. The summed E-state index contributed by atoms with van der Waals surface area (Å²) in [6.07, 6.45) is 4.42. The maximum absolute atomic E-state index is 12.2. The molecule has 1 amide bonds. The first-order valence-corrected chi connectivity index (χ1v) is 7.28. The summed E-state index contributed by atoms with van der Waals surface area (Å²) >= 11 is 0. The Morgan fingerprint density at radius 2 is 2.24 bits per heavy atom. The zero-order valence-corrected chi connectivity index (χ0v) is 12.3. The lowest BCUT2D eigenvalue weighted by Crippen LogP contribution is -2.34. The van der Waals surface area contributed by atoms with Crippen LogP contribution in [0.3, 0.4) is 0 Å². The van der Waals surface area contributed by atoms with Crippen LogP contribution in [-0.2, 0) is 9.53 Å². The van der Waals surface area contributed by atoms with E-state index in [2.05, 4.69) is 6.07 Å². The van der Waals surface area contributed by atoms with Crippen LogP contribution in [-0.4, -0.2) is 37.1 Å². The summed E-state index contributed by atoms with van der Waals surface area (Å²) < 4.78 is 5.35. The van der Waals surface area contributed by atoms with Crippen molar-refractivity contribution in [3.63, 3.8) is 0 Å². The van der Waals surface area contributed by atoms with Crippen molar-refractivity contribution in [1.82, 2.24) is 4.90 Å². The average molecular weight is 284 g/mol. The molecular weight excluding hydrogens is 264 g/mol. The third-order valence-corrected chi connectivity index (χ3v) is 3.65. The van der Waals surface area contributed by atoms with Gasteiger partial charge in [0.1, 0.15) is 0 Å². The van der Waals surface area contributed by atoms with Crippen LogP contribution in [0.15, 0.2) is 30.3 Å². The minimum absolute atomic E-state index is 0.0220. The highest BCUT2D eigenvalue weighted by molar-refractivity contribution is 5.91. The minimum atomic E-state index is 0.0220. The van der Waals surface area contributed by atoms with E-state index >= 15 is 0 Å². The van der Waals surface area contributed by atoms with E-state index in [4.69, 9.17) is 10.00 Å². The van der Waals surface area contributed by atoms with Gasteiger partial charge in [-0.25, -0.2) is 0 Å². The van der Waals surface area contributed by atoms with E-state index in [1.165, 1.54) is 0 Å². The zero-order valence-electron chi connectivity index (χ0n) is 12.3. The number of carbonyl (C=O) groups excluding carboxylic acids is 1. The molecule has 1 saturated heterocycles. The van der Waals surface area contributed by atoms with Crippen molar-refractivity contribution in [3.8, 4) is 6.07 Å². The molecule has 0 aromatic heterocycles.